The molecule has 0 saturated carbocycles. The third-order valence-electron chi connectivity index (χ3n) is 5.73. The predicted octanol–water partition coefficient (Wildman–Crippen LogP) is 6.17. The third kappa shape index (κ3) is 6.75. The van der Waals surface area contributed by atoms with Crippen molar-refractivity contribution in [1.82, 2.24) is 0 Å². The summed E-state index contributed by atoms with van der Waals surface area (Å²) in [6, 6.07) is 21.2. The number of carbonyl (C=O) groups is 2. The zero-order valence-electron chi connectivity index (χ0n) is 22.3. The summed E-state index contributed by atoms with van der Waals surface area (Å²) < 4.78 is 11.4. The number of nitrogens with zero attached hydrogens (tertiary/aromatic N) is 2. The Morgan fingerprint density at radius 3 is 2.10 bits per heavy atom. The SMILES string of the molecule is CCCOc1ccccc1NC=C1C(=O)N(c2ccc(C(=O)ONc3ccccc3OCCC)cc2)N=C1C. The summed E-state index contributed by atoms with van der Waals surface area (Å²) in [7, 11) is 0. The van der Waals surface area contributed by atoms with E-state index in [0.717, 1.165) is 18.5 Å². The first kappa shape index (κ1) is 27.3. The van der Waals surface area contributed by atoms with Gasteiger partial charge in [0.2, 0.25) is 0 Å². The van der Waals surface area contributed by atoms with Crippen molar-refractivity contribution in [2.45, 2.75) is 33.6 Å². The molecule has 0 aliphatic carbocycles. The van der Waals surface area contributed by atoms with Gasteiger partial charge in [0, 0.05) is 6.20 Å². The van der Waals surface area contributed by atoms with Crippen LogP contribution in [0.3, 0.4) is 0 Å². The first-order valence-corrected chi connectivity index (χ1v) is 12.9. The summed E-state index contributed by atoms with van der Waals surface area (Å²) in [6.45, 7) is 6.98. The first-order chi connectivity index (χ1) is 19.0. The fourth-order valence-corrected chi connectivity index (χ4v) is 3.72. The van der Waals surface area contributed by atoms with Crippen molar-refractivity contribution >= 4 is 34.7 Å². The molecule has 1 heterocycles. The summed E-state index contributed by atoms with van der Waals surface area (Å²) in [6.07, 6.45) is 3.39. The van der Waals surface area contributed by atoms with Crippen LogP contribution < -0.4 is 25.3 Å². The van der Waals surface area contributed by atoms with Gasteiger partial charge in [0.1, 0.15) is 17.2 Å². The highest BCUT2D eigenvalue weighted by Gasteiger charge is 2.29. The molecule has 202 valence electrons. The van der Waals surface area contributed by atoms with Gasteiger partial charge >= 0.3 is 5.97 Å². The average Bonchev–Trinajstić information content (AvgIpc) is 3.25. The number of rotatable bonds is 12. The summed E-state index contributed by atoms with van der Waals surface area (Å²) in [5, 5.41) is 8.88. The minimum Gasteiger partial charge on any atom is -0.491 e. The minimum atomic E-state index is -0.576. The Hall–Kier alpha value is -4.79. The van der Waals surface area contributed by atoms with Gasteiger partial charge in [0.15, 0.2) is 0 Å². The number of anilines is 3. The van der Waals surface area contributed by atoms with Crippen LogP contribution in [-0.2, 0) is 9.63 Å². The lowest BCUT2D eigenvalue weighted by atomic mass is 10.1. The molecule has 0 aromatic heterocycles. The quantitative estimate of drug-likeness (QED) is 0.214. The summed E-state index contributed by atoms with van der Waals surface area (Å²) in [4.78, 5) is 31.0. The van der Waals surface area contributed by atoms with E-state index in [1.807, 2.05) is 50.2 Å². The van der Waals surface area contributed by atoms with Gasteiger partial charge < -0.3 is 19.6 Å². The van der Waals surface area contributed by atoms with Crippen LogP contribution in [0.2, 0.25) is 0 Å². The molecule has 1 aliphatic rings. The van der Waals surface area contributed by atoms with E-state index < -0.39 is 5.97 Å². The smallest absolute Gasteiger partial charge is 0.362 e. The molecule has 0 unspecified atom stereocenters. The molecule has 0 bridgehead atoms. The lowest BCUT2D eigenvalue weighted by Crippen LogP contribution is -2.22. The monoisotopic (exact) mass is 528 g/mol. The average molecular weight is 529 g/mol. The van der Waals surface area contributed by atoms with Crippen LogP contribution >= 0.6 is 0 Å². The number of hydrogen-bond acceptors (Lipinski definition) is 8. The van der Waals surface area contributed by atoms with Gasteiger partial charge in [-0.2, -0.15) is 10.1 Å². The highest BCUT2D eigenvalue weighted by molar-refractivity contribution is 6.29. The second kappa shape index (κ2) is 13.1. The van der Waals surface area contributed by atoms with Crippen LogP contribution in [-0.4, -0.2) is 30.8 Å². The van der Waals surface area contributed by atoms with Crippen molar-refractivity contribution in [3.05, 3.63) is 90.1 Å². The summed E-state index contributed by atoms with van der Waals surface area (Å²) in [5.74, 6) is 0.446. The predicted molar refractivity (Wildman–Crippen MR) is 152 cm³/mol. The van der Waals surface area contributed by atoms with Crippen molar-refractivity contribution in [2.75, 3.05) is 29.0 Å². The molecule has 1 amide bonds. The molecule has 4 rings (SSSR count). The number of amides is 1. The van der Waals surface area contributed by atoms with Gasteiger partial charge in [0.25, 0.3) is 5.91 Å². The van der Waals surface area contributed by atoms with Gasteiger partial charge in [0.05, 0.1) is 41.4 Å². The van der Waals surface area contributed by atoms with Crippen molar-refractivity contribution < 1.29 is 23.9 Å². The van der Waals surface area contributed by atoms with E-state index in [4.69, 9.17) is 14.3 Å². The van der Waals surface area contributed by atoms with Crippen molar-refractivity contribution in [2.24, 2.45) is 5.10 Å². The molecule has 0 atom stereocenters. The molecule has 2 N–H and O–H groups in total. The minimum absolute atomic E-state index is 0.285. The maximum absolute atomic E-state index is 13.1. The van der Waals surface area contributed by atoms with Crippen LogP contribution in [0, 0.1) is 0 Å². The number of para-hydroxylation sites is 4. The fourth-order valence-electron chi connectivity index (χ4n) is 3.72. The van der Waals surface area contributed by atoms with Gasteiger partial charge in [-0.15, -0.1) is 0 Å². The van der Waals surface area contributed by atoms with Crippen molar-refractivity contribution in [3.8, 4) is 11.5 Å². The van der Waals surface area contributed by atoms with Gasteiger partial charge in [-0.3, -0.25) is 4.79 Å². The standard InChI is InChI=1S/C30H32N4O5/c1-4-18-37-27-12-8-6-10-25(27)31-20-24-21(3)32-34(29(24)35)23-16-14-22(15-17-23)30(36)39-33-26-11-7-9-13-28(26)38-19-5-2/h6-17,20,31,33H,4-5,18-19H2,1-3H3. The number of ether oxygens (including phenoxy) is 2. The van der Waals surface area contributed by atoms with E-state index >= 15 is 0 Å². The van der Waals surface area contributed by atoms with E-state index in [-0.39, 0.29) is 5.91 Å². The Kier molecular flexibility index (Phi) is 9.18. The zero-order valence-corrected chi connectivity index (χ0v) is 22.3. The van der Waals surface area contributed by atoms with Crippen LogP contribution in [0.5, 0.6) is 11.5 Å². The maximum Gasteiger partial charge on any atom is 0.362 e. The summed E-state index contributed by atoms with van der Waals surface area (Å²) >= 11 is 0. The molecule has 0 radical (unpaired) electrons. The summed E-state index contributed by atoms with van der Waals surface area (Å²) in [5.41, 5.74) is 5.81. The maximum atomic E-state index is 13.1. The number of nitrogens with one attached hydrogen (secondary N) is 2. The molecule has 9 heteroatoms. The van der Waals surface area contributed by atoms with Crippen molar-refractivity contribution in [1.29, 1.82) is 0 Å². The number of hydrogen-bond donors (Lipinski definition) is 2. The molecule has 3 aromatic rings. The van der Waals surface area contributed by atoms with E-state index in [2.05, 4.69) is 15.9 Å². The molecular weight excluding hydrogens is 496 g/mol. The van der Waals surface area contributed by atoms with Gasteiger partial charge in [-0.25, -0.2) is 10.3 Å². The normalized spacial score (nSPS) is 13.7. The topological polar surface area (TPSA) is 101 Å². The highest BCUT2D eigenvalue weighted by atomic mass is 16.7. The van der Waals surface area contributed by atoms with Crippen molar-refractivity contribution in [3.63, 3.8) is 0 Å². The second-order valence-corrected chi connectivity index (χ2v) is 8.73. The lowest BCUT2D eigenvalue weighted by Gasteiger charge is -2.14. The Labute approximate surface area is 228 Å². The molecule has 39 heavy (non-hydrogen) atoms. The second-order valence-electron chi connectivity index (χ2n) is 8.73. The zero-order chi connectivity index (χ0) is 27.6. The lowest BCUT2D eigenvalue weighted by molar-refractivity contribution is -0.114. The molecule has 3 aromatic carbocycles. The molecule has 0 spiro atoms. The van der Waals surface area contributed by atoms with Crippen LogP contribution in [0.15, 0.2) is 89.7 Å². The van der Waals surface area contributed by atoms with E-state index in [0.29, 0.717) is 52.9 Å². The van der Waals surface area contributed by atoms with E-state index in [9.17, 15) is 9.59 Å². The number of carbonyl (C=O) groups excluding carboxylic acids is 2. The highest BCUT2D eigenvalue weighted by Crippen LogP contribution is 2.28. The Morgan fingerprint density at radius 1 is 0.872 bits per heavy atom. The van der Waals surface area contributed by atoms with Crippen LogP contribution in [0.25, 0.3) is 0 Å². The molecule has 9 nitrogen and oxygen atoms in total. The van der Waals surface area contributed by atoms with Gasteiger partial charge in [-0.1, -0.05) is 38.1 Å². The Morgan fingerprint density at radius 2 is 1.46 bits per heavy atom. The molecule has 1 aliphatic heterocycles. The number of benzene rings is 3. The number of hydrazone groups is 1. The molecule has 0 fully saturated rings. The largest absolute Gasteiger partial charge is 0.491 e. The Bertz CT molecular complexity index is 1370. The van der Waals surface area contributed by atoms with Gasteiger partial charge in [-0.05, 0) is 68.3 Å². The van der Waals surface area contributed by atoms with E-state index in [1.54, 1.807) is 49.5 Å². The third-order valence-corrected chi connectivity index (χ3v) is 5.73. The van der Waals surface area contributed by atoms with E-state index in [1.165, 1.54) is 5.01 Å². The molecular formula is C30H32N4O5. The Balaban J connectivity index is 1.39. The fraction of sp³-hybridized carbons (Fsp3) is 0.233. The first-order valence-electron chi connectivity index (χ1n) is 12.9. The van der Waals surface area contributed by atoms with Crippen LogP contribution in [0.4, 0.5) is 17.1 Å². The molecule has 0 saturated heterocycles. The van der Waals surface area contributed by atoms with Crippen LogP contribution in [0.1, 0.15) is 44.0 Å².